The van der Waals surface area contributed by atoms with Crippen LogP contribution in [0, 0.1) is 0 Å². The van der Waals surface area contributed by atoms with E-state index in [9.17, 15) is 9.59 Å². The predicted octanol–water partition coefficient (Wildman–Crippen LogP) is 3.47. The van der Waals surface area contributed by atoms with Crippen molar-refractivity contribution in [1.29, 1.82) is 0 Å². The zero-order chi connectivity index (χ0) is 15.1. The Morgan fingerprint density at radius 3 is 1.95 bits per heavy atom. The van der Waals surface area contributed by atoms with Crippen LogP contribution in [0.2, 0.25) is 0 Å². The predicted molar refractivity (Wildman–Crippen MR) is 83.4 cm³/mol. The van der Waals surface area contributed by atoms with E-state index in [1.54, 1.807) is 24.3 Å². The van der Waals surface area contributed by atoms with Crippen molar-refractivity contribution in [3.05, 3.63) is 71.8 Å². The lowest BCUT2D eigenvalue weighted by Crippen LogP contribution is -2.36. The second-order valence-corrected chi connectivity index (χ2v) is 4.94. The van der Waals surface area contributed by atoms with Gasteiger partial charge in [0.25, 0.3) is 5.91 Å². The molecular formula is C18H19NO2. The molecule has 2 aromatic carbocycles. The molecule has 1 atom stereocenters. The third-order valence-electron chi connectivity index (χ3n) is 3.39. The summed E-state index contributed by atoms with van der Waals surface area (Å²) in [7, 11) is 0. The SMILES string of the molecule is CCC(CC(=O)c1ccccc1)NC(=O)c1ccccc1. The highest BCUT2D eigenvalue weighted by Crippen LogP contribution is 2.09. The zero-order valence-corrected chi connectivity index (χ0v) is 12.1. The van der Waals surface area contributed by atoms with E-state index in [1.807, 2.05) is 43.3 Å². The van der Waals surface area contributed by atoms with Gasteiger partial charge >= 0.3 is 0 Å². The van der Waals surface area contributed by atoms with Crippen LogP contribution in [0.15, 0.2) is 60.7 Å². The smallest absolute Gasteiger partial charge is 0.251 e. The van der Waals surface area contributed by atoms with Gasteiger partial charge in [-0.2, -0.15) is 0 Å². The van der Waals surface area contributed by atoms with E-state index in [4.69, 9.17) is 0 Å². The Balaban J connectivity index is 1.98. The van der Waals surface area contributed by atoms with E-state index in [-0.39, 0.29) is 17.7 Å². The summed E-state index contributed by atoms with van der Waals surface area (Å²) in [5.41, 5.74) is 1.30. The van der Waals surface area contributed by atoms with Crippen LogP contribution in [0.5, 0.6) is 0 Å². The first-order valence-corrected chi connectivity index (χ1v) is 7.15. The Bertz CT molecular complexity index is 540. The Hall–Kier alpha value is -2.42. The Labute approximate surface area is 125 Å². The largest absolute Gasteiger partial charge is 0.349 e. The topological polar surface area (TPSA) is 46.2 Å². The molecule has 1 amide bonds. The van der Waals surface area contributed by atoms with Crippen LogP contribution in [0.3, 0.4) is 0 Å². The van der Waals surface area contributed by atoms with Gasteiger partial charge in [-0.25, -0.2) is 0 Å². The van der Waals surface area contributed by atoms with Gasteiger partial charge < -0.3 is 5.32 Å². The lowest BCUT2D eigenvalue weighted by Gasteiger charge is -2.16. The van der Waals surface area contributed by atoms with Crippen LogP contribution < -0.4 is 5.32 Å². The number of hydrogen-bond acceptors (Lipinski definition) is 2. The second kappa shape index (κ2) is 7.39. The van der Waals surface area contributed by atoms with Gasteiger partial charge in [-0.3, -0.25) is 9.59 Å². The Morgan fingerprint density at radius 2 is 1.43 bits per heavy atom. The first kappa shape index (κ1) is 15.0. The highest BCUT2D eigenvalue weighted by atomic mass is 16.2. The molecule has 3 heteroatoms. The molecule has 108 valence electrons. The number of benzene rings is 2. The summed E-state index contributed by atoms with van der Waals surface area (Å²) < 4.78 is 0. The van der Waals surface area contributed by atoms with Crippen LogP contribution in [0.1, 0.15) is 40.5 Å². The molecule has 0 bridgehead atoms. The summed E-state index contributed by atoms with van der Waals surface area (Å²) in [5, 5.41) is 2.92. The third-order valence-corrected chi connectivity index (χ3v) is 3.39. The van der Waals surface area contributed by atoms with Crippen molar-refractivity contribution in [1.82, 2.24) is 5.32 Å². The maximum atomic E-state index is 12.2. The van der Waals surface area contributed by atoms with E-state index < -0.39 is 0 Å². The Morgan fingerprint density at radius 1 is 0.905 bits per heavy atom. The van der Waals surface area contributed by atoms with Crippen LogP contribution in [0.4, 0.5) is 0 Å². The molecule has 3 nitrogen and oxygen atoms in total. The Kier molecular flexibility index (Phi) is 5.27. The standard InChI is InChI=1S/C18H19NO2/c1-2-16(13-17(20)14-9-5-3-6-10-14)19-18(21)15-11-7-4-8-12-15/h3-12,16H,2,13H2,1H3,(H,19,21). The average molecular weight is 281 g/mol. The van der Waals surface area contributed by atoms with Gasteiger partial charge in [0.05, 0.1) is 0 Å². The van der Waals surface area contributed by atoms with Crippen molar-refractivity contribution >= 4 is 11.7 Å². The van der Waals surface area contributed by atoms with Crippen molar-refractivity contribution in [2.24, 2.45) is 0 Å². The van der Waals surface area contributed by atoms with Gasteiger partial charge in [0, 0.05) is 23.6 Å². The second-order valence-electron chi connectivity index (χ2n) is 4.94. The molecule has 0 radical (unpaired) electrons. The van der Waals surface area contributed by atoms with Crippen LogP contribution in [0.25, 0.3) is 0 Å². The van der Waals surface area contributed by atoms with Crippen LogP contribution in [-0.4, -0.2) is 17.7 Å². The van der Waals surface area contributed by atoms with Gasteiger partial charge in [-0.05, 0) is 18.6 Å². The van der Waals surface area contributed by atoms with Gasteiger partial charge in [0.15, 0.2) is 5.78 Å². The molecule has 21 heavy (non-hydrogen) atoms. The molecule has 0 aromatic heterocycles. The van der Waals surface area contributed by atoms with Crippen molar-refractivity contribution in [2.45, 2.75) is 25.8 Å². The van der Waals surface area contributed by atoms with Crippen LogP contribution >= 0.6 is 0 Å². The molecular weight excluding hydrogens is 262 g/mol. The average Bonchev–Trinajstić information content (AvgIpc) is 2.55. The van der Waals surface area contributed by atoms with Gasteiger partial charge in [-0.1, -0.05) is 55.5 Å². The number of amides is 1. The van der Waals surface area contributed by atoms with Crippen molar-refractivity contribution in [3.63, 3.8) is 0 Å². The van der Waals surface area contributed by atoms with Crippen molar-refractivity contribution in [3.8, 4) is 0 Å². The lowest BCUT2D eigenvalue weighted by atomic mass is 10.0. The molecule has 2 aromatic rings. The fourth-order valence-electron chi connectivity index (χ4n) is 2.12. The molecule has 2 rings (SSSR count). The molecule has 1 unspecified atom stereocenters. The normalized spacial score (nSPS) is 11.7. The van der Waals surface area contributed by atoms with Gasteiger partial charge in [0.2, 0.25) is 0 Å². The molecule has 0 aliphatic heterocycles. The molecule has 0 spiro atoms. The van der Waals surface area contributed by atoms with E-state index in [0.29, 0.717) is 17.5 Å². The number of carbonyl (C=O) groups excluding carboxylic acids is 2. The highest BCUT2D eigenvalue weighted by molar-refractivity contribution is 5.98. The minimum atomic E-state index is -0.148. The monoisotopic (exact) mass is 281 g/mol. The summed E-state index contributed by atoms with van der Waals surface area (Å²) in [6.45, 7) is 1.97. The maximum absolute atomic E-state index is 12.2. The van der Waals surface area contributed by atoms with Gasteiger partial charge in [-0.15, -0.1) is 0 Å². The molecule has 0 aliphatic carbocycles. The van der Waals surface area contributed by atoms with Crippen molar-refractivity contribution in [2.75, 3.05) is 0 Å². The minimum absolute atomic E-state index is 0.0517. The fraction of sp³-hybridized carbons (Fsp3) is 0.222. The summed E-state index contributed by atoms with van der Waals surface area (Å²) in [4.78, 5) is 24.3. The molecule has 0 aliphatic rings. The minimum Gasteiger partial charge on any atom is -0.349 e. The van der Waals surface area contributed by atoms with E-state index in [1.165, 1.54) is 0 Å². The number of hydrogen-bond donors (Lipinski definition) is 1. The van der Waals surface area contributed by atoms with E-state index >= 15 is 0 Å². The summed E-state index contributed by atoms with van der Waals surface area (Å²) in [6.07, 6.45) is 1.04. The number of Topliss-reactive ketones (excluding diaryl/α,β-unsaturated/α-hetero) is 1. The van der Waals surface area contributed by atoms with E-state index in [2.05, 4.69) is 5.32 Å². The summed E-state index contributed by atoms with van der Waals surface area (Å²) in [5.74, 6) is -0.0841. The van der Waals surface area contributed by atoms with Crippen molar-refractivity contribution < 1.29 is 9.59 Å². The molecule has 0 heterocycles. The fourth-order valence-corrected chi connectivity index (χ4v) is 2.12. The summed E-state index contributed by atoms with van der Waals surface area (Å²) in [6, 6.07) is 18.1. The maximum Gasteiger partial charge on any atom is 0.251 e. The number of nitrogens with one attached hydrogen (secondary N) is 1. The molecule has 0 saturated heterocycles. The van der Waals surface area contributed by atoms with Crippen LogP contribution in [-0.2, 0) is 0 Å². The first-order chi connectivity index (χ1) is 10.2. The number of carbonyl (C=O) groups is 2. The molecule has 1 N–H and O–H groups in total. The number of ketones is 1. The third kappa shape index (κ3) is 4.28. The van der Waals surface area contributed by atoms with E-state index in [0.717, 1.165) is 6.42 Å². The molecule has 0 saturated carbocycles. The molecule has 0 fully saturated rings. The lowest BCUT2D eigenvalue weighted by molar-refractivity contribution is 0.0911. The quantitative estimate of drug-likeness (QED) is 0.824. The van der Waals surface area contributed by atoms with Gasteiger partial charge in [0.1, 0.15) is 0 Å². The summed E-state index contributed by atoms with van der Waals surface area (Å²) >= 11 is 0. The number of rotatable bonds is 6. The first-order valence-electron chi connectivity index (χ1n) is 7.15. The highest BCUT2D eigenvalue weighted by Gasteiger charge is 2.16. The zero-order valence-electron chi connectivity index (χ0n) is 12.1.